The predicted molar refractivity (Wildman–Crippen MR) is 82.9 cm³/mol. The number of aromatic nitrogens is 4. The number of halogens is 1. The van der Waals surface area contributed by atoms with E-state index in [4.69, 9.17) is 16.1 Å². The van der Waals surface area contributed by atoms with Crippen LogP contribution in [0.5, 0.6) is 0 Å². The SMILES string of the molecule is Clc1ccccc1N1CCC(c2nc(-c3ncc[nH]3)no2)C1. The summed E-state index contributed by atoms with van der Waals surface area (Å²) in [4.78, 5) is 13.8. The molecule has 0 aliphatic carbocycles. The van der Waals surface area contributed by atoms with E-state index in [1.165, 1.54) is 0 Å². The highest BCUT2D eigenvalue weighted by molar-refractivity contribution is 6.33. The molecule has 7 heteroatoms. The Morgan fingerprint density at radius 3 is 3.05 bits per heavy atom. The van der Waals surface area contributed by atoms with E-state index in [-0.39, 0.29) is 5.92 Å². The number of nitrogens with zero attached hydrogens (tertiary/aromatic N) is 4. The standard InChI is InChI=1S/C15H14ClN5O/c16-11-3-1-2-4-12(11)21-8-5-10(9-21)15-19-14(20-22-15)13-17-6-7-18-13/h1-4,6-7,10H,5,8-9H2,(H,17,18). The number of anilines is 1. The summed E-state index contributed by atoms with van der Waals surface area (Å²) in [6, 6.07) is 7.88. The molecule has 0 radical (unpaired) electrons. The third kappa shape index (κ3) is 2.35. The van der Waals surface area contributed by atoms with Crippen molar-refractivity contribution in [2.75, 3.05) is 18.0 Å². The topological polar surface area (TPSA) is 70.8 Å². The summed E-state index contributed by atoms with van der Waals surface area (Å²) in [7, 11) is 0. The van der Waals surface area contributed by atoms with Crippen LogP contribution in [0.2, 0.25) is 5.02 Å². The second kappa shape index (κ2) is 5.46. The van der Waals surface area contributed by atoms with Crippen LogP contribution in [0.1, 0.15) is 18.2 Å². The molecule has 1 unspecified atom stereocenters. The number of aromatic amines is 1. The largest absolute Gasteiger partial charge is 0.370 e. The number of hydrogen-bond acceptors (Lipinski definition) is 5. The highest BCUT2D eigenvalue weighted by atomic mass is 35.5. The van der Waals surface area contributed by atoms with Crippen molar-refractivity contribution in [3.8, 4) is 11.6 Å². The Morgan fingerprint density at radius 1 is 1.32 bits per heavy atom. The van der Waals surface area contributed by atoms with Gasteiger partial charge in [-0.05, 0) is 18.6 Å². The van der Waals surface area contributed by atoms with Gasteiger partial charge in [-0.1, -0.05) is 28.9 Å². The zero-order chi connectivity index (χ0) is 14.9. The molecule has 1 atom stereocenters. The van der Waals surface area contributed by atoms with E-state index >= 15 is 0 Å². The van der Waals surface area contributed by atoms with Crippen molar-refractivity contribution in [2.45, 2.75) is 12.3 Å². The van der Waals surface area contributed by atoms with Crippen molar-refractivity contribution >= 4 is 17.3 Å². The number of nitrogens with one attached hydrogen (secondary N) is 1. The zero-order valence-electron chi connectivity index (χ0n) is 11.7. The average molecular weight is 316 g/mol. The first-order valence-corrected chi connectivity index (χ1v) is 7.52. The van der Waals surface area contributed by atoms with Gasteiger partial charge in [-0.2, -0.15) is 4.98 Å². The van der Waals surface area contributed by atoms with Crippen molar-refractivity contribution in [1.29, 1.82) is 0 Å². The number of para-hydroxylation sites is 1. The Labute approximate surface area is 132 Å². The van der Waals surface area contributed by atoms with Crippen LogP contribution < -0.4 is 4.90 Å². The van der Waals surface area contributed by atoms with Crippen LogP contribution in [0.25, 0.3) is 11.6 Å². The van der Waals surface area contributed by atoms with Crippen LogP contribution in [0.15, 0.2) is 41.2 Å². The normalized spacial score (nSPS) is 18.0. The van der Waals surface area contributed by atoms with Crippen molar-refractivity contribution in [3.05, 3.63) is 47.6 Å². The van der Waals surface area contributed by atoms with Gasteiger partial charge in [0, 0.05) is 25.5 Å². The number of benzene rings is 1. The molecule has 0 bridgehead atoms. The summed E-state index contributed by atoms with van der Waals surface area (Å²) >= 11 is 6.26. The molecule has 112 valence electrons. The molecule has 1 aliphatic heterocycles. The van der Waals surface area contributed by atoms with Gasteiger partial charge in [0.25, 0.3) is 0 Å². The zero-order valence-corrected chi connectivity index (χ0v) is 12.5. The molecule has 0 amide bonds. The molecule has 6 nitrogen and oxygen atoms in total. The smallest absolute Gasteiger partial charge is 0.238 e. The maximum Gasteiger partial charge on any atom is 0.238 e. The van der Waals surface area contributed by atoms with Crippen LogP contribution in [-0.4, -0.2) is 33.2 Å². The van der Waals surface area contributed by atoms with Gasteiger partial charge in [0.1, 0.15) is 0 Å². The van der Waals surface area contributed by atoms with Gasteiger partial charge in [0.05, 0.1) is 16.6 Å². The molecule has 4 rings (SSSR count). The van der Waals surface area contributed by atoms with Crippen LogP contribution in [0.3, 0.4) is 0 Å². The lowest BCUT2D eigenvalue weighted by Gasteiger charge is -2.19. The fourth-order valence-electron chi connectivity index (χ4n) is 2.77. The van der Waals surface area contributed by atoms with E-state index in [1.54, 1.807) is 12.4 Å². The highest BCUT2D eigenvalue weighted by Crippen LogP contribution is 2.34. The van der Waals surface area contributed by atoms with Crippen molar-refractivity contribution in [2.24, 2.45) is 0 Å². The van der Waals surface area contributed by atoms with E-state index < -0.39 is 0 Å². The van der Waals surface area contributed by atoms with Crippen molar-refractivity contribution in [3.63, 3.8) is 0 Å². The number of hydrogen-bond donors (Lipinski definition) is 1. The molecule has 1 aromatic carbocycles. The van der Waals surface area contributed by atoms with E-state index in [2.05, 4.69) is 25.0 Å². The monoisotopic (exact) mass is 315 g/mol. The first-order valence-electron chi connectivity index (χ1n) is 7.14. The second-order valence-corrected chi connectivity index (χ2v) is 5.68. The molecule has 1 saturated heterocycles. The Hall–Kier alpha value is -2.34. The van der Waals surface area contributed by atoms with Gasteiger partial charge in [0.15, 0.2) is 5.82 Å². The van der Waals surface area contributed by atoms with Crippen LogP contribution in [-0.2, 0) is 0 Å². The van der Waals surface area contributed by atoms with Gasteiger partial charge in [-0.25, -0.2) is 4.98 Å². The van der Waals surface area contributed by atoms with E-state index in [1.807, 2.05) is 24.3 Å². The summed E-state index contributed by atoms with van der Waals surface area (Å²) in [6.45, 7) is 1.75. The van der Waals surface area contributed by atoms with Crippen LogP contribution in [0.4, 0.5) is 5.69 Å². The minimum absolute atomic E-state index is 0.215. The van der Waals surface area contributed by atoms with Crippen LogP contribution >= 0.6 is 11.6 Å². The molecule has 1 N–H and O–H groups in total. The molecule has 22 heavy (non-hydrogen) atoms. The number of rotatable bonds is 3. The van der Waals surface area contributed by atoms with Gasteiger partial charge in [0.2, 0.25) is 11.7 Å². The van der Waals surface area contributed by atoms with Crippen molar-refractivity contribution in [1.82, 2.24) is 20.1 Å². The molecule has 0 spiro atoms. The summed E-state index contributed by atoms with van der Waals surface area (Å²) in [5.74, 6) is 1.99. The van der Waals surface area contributed by atoms with Gasteiger partial charge < -0.3 is 14.4 Å². The second-order valence-electron chi connectivity index (χ2n) is 5.28. The maximum absolute atomic E-state index is 6.26. The molecule has 2 aromatic heterocycles. The van der Waals surface area contributed by atoms with Gasteiger partial charge >= 0.3 is 0 Å². The van der Waals surface area contributed by atoms with E-state index in [0.29, 0.717) is 17.5 Å². The molecular formula is C15H14ClN5O. The summed E-state index contributed by atoms with van der Waals surface area (Å²) in [5, 5.41) is 4.76. The molecule has 3 heterocycles. The predicted octanol–water partition coefficient (Wildman–Crippen LogP) is 3.11. The third-order valence-corrected chi connectivity index (χ3v) is 4.20. The lowest BCUT2D eigenvalue weighted by molar-refractivity contribution is 0.360. The minimum Gasteiger partial charge on any atom is -0.370 e. The fraction of sp³-hybridized carbons (Fsp3) is 0.267. The lowest BCUT2D eigenvalue weighted by atomic mass is 10.1. The lowest BCUT2D eigenvalue weighted by Crippen LogP contribution is -2.19. The Bertz CT molecular complexity index is 770. The molecule has 0 saturated carbocycles. The maximum atomic E-state index is 6.26. The Balaban J connectivity index is 1.53. The molecular weight excluding hydrogens is 302 g/mol. The summed E-state index contributed by atoms with van der Waals surface area (Å²) in [6.07, 6.45) is 4.37. The first kappa shape index (κ1) is 13.3. The molecule has 1 aliphatic rings. The van der Waals surface area contributed by atoms with Crippen LogP contribution in [0, 0.1) is 0 Å². The first-order chi connectivity index (χ1) is 10.8. The van der Waals surface area contributed by atoms with Gasteiger partial charge in [-0.15, -0.1) is 0 Å². The minimum atomic E-state index is 0.215. The number of H-pyrrole nitrogens is 1. The van der Waals surface area contributed by atoms with E-state index in [9.17, 15) is 0 Å². The Morgan fingerprint density at radius 2 is 2.23 bits per heavy atom. The third-order valence-electron chi connectivity index (χ3n) is 3.88. The number of imidazole rings is 1. The van der Waals surface area contributed by atoms with E-state index in [0.717, 1.165) is 30.2 Å². The Kier molecular flexibility index (Phi) is 3.31. The molecule has 3 aromatic rings. The summed E-state index contributed by atoms with van der Waals surface area (Å²) in [5.41, 5.74) is 1.05. The molecule has 1 fully saturated rings. The van der Waals surface area contributed by atoms with Gasteiger partial charge in [-0.3, -0.25) is 0 Å². The fourth-order valence-corrected chi connectivity index (χ4v) is 3.03. The average Bonchev–Trinajstić information content (AvgIpc) is 3.27. The summed E-state index contributed by atoms with van der Waals surface area (Å²) < 4.78 is 5.41. The highest BCUT2D eigenvalue weighted by Gasteiger charge is 2.29. The quantitative estimate of drug-likeness (QED) is 0.804. The van der Waals surface area contributed by atoms with Crippen molar-refractivity contribution < 1.29 is 4.52 Å².